The van der Waals surface area contributed by atoms with Gasteiger partial charge in [0.15, 0.2) is 0 Å². The van der Waals surface area contributed by atoms with Gasteiger partial charge in [0.05, 0.1) is 18.6 Å². The van der Waals surface area contributed by atoms with Gasteiger partial charge in [0, 0.05) is 5.02 Å². The third kappa shape index (κ3) is 5.87. The molecule has 1 amide bonds. The SMILES string of the molecule is CC(C)(CO)NC(=O)Cc1cccc(OCc2cccc(Cl)c2)c1. The molecule has 0 heterocycles. The Morgan fingerprint density at radius 1 is 1.17 bits per heavy atom. The molecule has 0 aliphatic rings. The molecular formula is C19H22ClNO3. The van der Waals surface area contributed by atoms with Crippen LogP contribution in [0.3, 0.4) is 0 Å². The van der Waals surface area contributed by atoms with Gasteiger partial charge in [-0.1, -0.05) is 35.9 Å². The number of carbonyl (C=O) groups excluding carboxylic acids is 1. The molecule has 0 aliphatic carbocycles. The second-order valence-electron chi connectivity index (χ2n) is 6.33. The maximum atomic E-state index is 12.0. The molecule has 0 aromatic heterocycles. The van der Waals surface area contributed by atoms with E-state index in [4.69, 9.17) is 16.3 Å². The second-order valence-corrected chi connectivity index (χ2v) is 6.77. The van der Waals surface area contributed by atoms with Crippen molar-refractivity contribution in [1.82, 2.24) is 5.32 Å². The lowest BCUT2D eigenvalue weighted by atomic mass is 10.1. The van der Waals surface area contributed by atoms with Crippen LogP contribution in [0.15, 0.2) is 48.5 Å². The quantitative estimate of drug-likeness (QED) is 0.807. The summed E-state index contributed by atoms with van der Waals surface area (Å²) in [6, 6.07) is 14.9. The van der Waals surface area contributed by atoms with Gasteiger partial charge < -0.3 is 15.2 Å². The highest BCUT2D eigenvalue weighted by atomic mass is 35.5. The van der Waals surface area contributed by atoms with E-state index in [1.165, 1.54) is 0 Å². The van der Waals surface area contributed by atoms with Crippen LogP contribution in [0.25, 0.3) is 0 Å². The summed E-state index contributed by atoms with van der Waals surface area (Å²) < 4.78 is 5.76. The van der Waals surface area contributed by atoms with Gasteiger partial charge in [-0.25, -0.2) is 0 Å². The number of aliphatic hydroxyl groups is 1. The molecule has 0 saturated heterocycles. The van der Waals surface area contributed by atoms with Gasteiger partial charge in [-0.05, 0) is 49.2 Å². The van der Waals surface area contributed by atoms with E-state index < -0.39 is 5.54 Å². The fraction of sp³-hybridized carbons (Fsp3) is 0.316. The maximum absolute atomic E-state index is 12.0. The zero-order valence-electron chi connectivity index (χ0n) is 13.9. The predicted octanol–water partition coefficient (Wildman–Crippen LogP) is 3.35. The Morgan fingerprint density at radius 3 is 2.58 bits per heavy atom. The number of ether oxygens (including phenoxy) is 1. The van der Waals surface area contributed by atoms with E-state index in [0.717, 1.165) is 11.1 Å². The fourth-order valence-corrected chi connectivity index (χ4v) is 2.40. The maximum Gasteiger partial charge on any atom is 0.224 e. The molecule has 5 heteroatoms. The zero-order chi connectivity index (χ0) is 17.6. The van der Waals surface area contributed by atoms with Crippen molar-refractivity contribution >= 4 is 17.5 Å². The number of halogens is 1. The number of rotatable bonds is 7. The number of benzene rings is 2. The summed E-state index contributed by atoms with van der Waals surface area (Å²) >= 11 is 5.96. The minimum Gasteiger partial charge on any atom is -0.489 e. The molecule has 0 spiro atoms. The van der Waals surface area contributed by atoms with Crippen LogP contribution in [0.2, 0.25) is 5.02 Å². The fourth-order valence-electron chi connectivity index (χ4n) is 2.19. The standard InChI is InChI=1S/C19H22ClNO3/c1-19(2,13-22)21-18(23)11-14-5-4-8-17(10-14)24-12-15-6-3-7-16(20)9-15/h3-10,22H,11-13H2,1-2H3,(H,21,23). The van der Waals surface area contributed by atoms with Crippen molar-refractivity contribution in [2.45, 2.75) is 32.4 Å². The van der Waals surface area contributed by atoms with Crippen molar-refractivity contribution < 1.29 is 14.6 Å². The summed E-state index contributed by atoms with van der Waals surface area (Å²) in [6.07, 6.45) is 0.234. The number of nitrogens with one attached hydrogen (secondary N) is 1. The van der Waals surface area contributed by atoms with Crippen LogP contribution < -0.4 is 10.1 Å². The zero-order valence-corrected chi connectivity index (χ0v) is 14.6. The first-order valence-corrected chi connectivity index (χ1v) is 8.14. The van der Waals surface area contributed by atoms with E-state index in [-0.39, 0.29) is 18.9 Å². The van der Waals surface area contributed by atoms with Gasteiger partial charge in [-0.2, -0.15) is 0 Å². The summed E-state index contributed by atoms with van der Waals surface area (Å²) in [4.78, 5) is 12.0. The van der Waals surface area contributed by atoms with Gasteiger partial charge >= 0.3 is 0 Å². The summed E-state index contributed by atoms with van der Waals surface area (Å²) in [5, 5.41) is 12.7. The lowest BCUT2D eigenvalue weighted by Crippen LogP contribution is -2.46. The molecule has 2 N–H and O–H groups in total. The third-order valence-electron chi connectivity index (χ3n) is 3.43. The minimum absolute atomic E-state index is 0.110. The molecule has 24 heavy (non-hydrogen) atoms. The molecule has 0 fully saturated rings. The third-order valence-corrected chi connectivity index (χ3v) is 3.67. The first-order valence-electron chi connectivity index (χ1n) is 7.76. The van der Waals surface area contributed by atoms with Gasteiger partial charge in [-0.15, -0.1) is 0 Å². The Bertz CT molecular complexity index is 701. The van der Waals surface area contributed by atoms with E-state index in [1.54, 1.807) is 13.8 Å². The van der Waals surface area contributed by atoms with Crippen molar-refractivity contribution in [3.63, 3.8) is 0 Å². The van der Waals surface area contributed by atoms with E-state index in [0.29, 0.717) is 17.4 Å². The van der Waals surface area contributed by atoms with Gasteiger partial charge in [0.25, 0.3) is 0 Å². The van der Waals surface area contributed by atoms with Crippen molar-refractivity contribution in [2.75, 3.05) is 6.61 Å². The van der Waals surface area contributed by atoms with E-state index in [1.807, 2.05) is 48.5 Å². The topological polar surface area (TPSA) is 58.6 Å². The molecule has 2 aromatic rings. The average molecular weight is 348 g/mol. The Morgan fingerprint density at radius 2 is 1.88 bits per heavy atom. The molecule has 2 aromatic carbocycles. The van der Waals surface area contributed by atoms with Crippen LogP contribution in [-0.4, -0.2) is 23.2 Å². The number of aliphatic hydroxyl groups excluding tert-OH is 1. The molecule has 2 rings (SSSR count). The van der Waals surface area contributed by atoms with Crippen LogP contribution >= 0.6 is 11.6 Å². The monoisotopic (exact) mass is 347 g/mol. The van der Waals surface area contributed by atoms with Gasteiger partial charge in [0.1, 0.15) is 12.4 Å². The van der Waals surface area contributed by atoms with Crippen molar-refractivity contribution in [1.29, 1.82) is 0 Å². The lowest BCUT2D eigenvalue weighted by molar-refractivity contribution is -0.122. The molecule has 0 atom stereocenters. The first kappa shape index (κ1) is 18.3. The molecule has 0 saturated carbocycles. The highest BCUT2D eigenvalue weighted by Gasteiger charge is 2.19. The Balaban J connectivity index is 1.95. The molecule has 0 aliphatic heterocycles. The highest BCUT2D eigenvalue weighted by Crippen LogP contribution is 2.17. The second kappa shape index (κ2) is 8.18. The van der Waals surface area contributed by atoms with Crippen LogP contribution in [0.1, 0.15) is 25.0 Å². The average Bonchev–Trinajstić information content (AvgIpc) is 2.53. The predicted molar refractivity (Wildman–Crippen MR) is 95.2 cm³/mol. The number of hydrogen-bond acceptors (Lipinski definition) is 3. The summed E-state index contributed by atoms with van der Waals surface area (Å²) in [5.41, 5.74) is 1.21. The lowest BCUT2D eigenvalue weighted by Gasteiger charge is -2.23. The van der Waals surface area contributed by atoms with E-state index >= 15 is 0 Å². The Labute approximate surface area is 147 Å². The summed E-state index contributed by atoms with van der Waals surface area (Å²) in [5.74, 6) is 0.558. The van der Waals surface area contributed by atoms with Crippen molar-refractivity contribution in [3.8, 4) is 5.75 Å². The largest absolute Gasteiger partial charge is 0.489 e. The van der Waals surface area contributed by atoms with Crippen molar-refractivity contribution in [3.05, 3.63) is 64.7 Å². The van der Waals surface area contributed by atoms with Crippen LogP contribution in [0.5, 0.6) is 5.75 Å². The minimum atomic E-state index is -0.627. The Kier molecular flexibility index (Phi) is 6.23. The van der Waals surface area contributed by atoms with Crippen LogP contribution in [0, 0.1) is 0 Å². The number of amides is 1. The van der Waals surface area contributed by atoms with Crippen LogP contribution in [0.4, 0.5) is 0 Å². The van der Waals surface area contributed by atoms with E-state index in [9.17, 15) is 9.90 Å². The number of hydrogen-bond donors (Lipinski definition) is 2. The molecule has 0 radical (unpaired) electrons. The summed E-state index contributed by atoms with van der Waals surface area (Å²) in [7, 11) is 0. The normalized spacial score (nSPS) is 11.2. The van der Waals surface area contributed by atoms with E-state index in [2.05, 4.69) is 5.32 Å². The summed E-state index contributed by atoms with van der Waals surface area (Å²) in [6.45, 7) is 3.85. The smallest absolute Gasteiger partial charge is 0.224 e. The molecule has 4 nitrogen and oxygen atoms in total. The van der Waals surface area contributed by atoms with Crippen molar-refractivity contribution in [2.24, 2.45) is 0 Å². The molecular weight excluding hydrogens is 326 g/mol. The Hall–Kier alpha value is -2.04. The molecule has 0 bridgehead atoms. The highest BCUT2D eigenvalue weighted by molar-refractivity contribution is 6.30. The molecule has 128 valence electrons. The number of carbonyl (C=O) groups is 1. The van der Waals surface area contributed by atoms with Gasteiger partial charge in [-0.3, -0.25) is 4.79 Å². The molecule has 0 unspecified atom stereocenters. The van der Waals surface area contributed by atoms with Gasteiger partial charge in [0.2, 0.25) is 5.91 Å². The van der Waals surface area contributed by atoms with Crippen LogP contribution in [-0.2, 0) is 17.8 Å². The first-order chi connectivity index (χ1) is 11.4.